The predicted octanol–water partition coefficient (Wildman–Crippen LogP) is 0.819. The summed E-state index contributed by atoms with van der Waals surface area (Å²) in [6.07, 6.45) is 10.6. The Kier molecular flexibility index (Phi) is 11.9. The summed E-state index contributed by atoms with van der Waals surface area (Å²) in [5, 5.41) is 0. The summed E-state index contributed by atoms with van der Waals surface area (Å²) in [5.41, 5.74) is 2.57. The zero-order valence-electron chi connectivity index (χ0n) is 16.5. The molecule has 2 aromatic rings. The Morgan fingerprint density at radius 1 is 0.828 bits per heavy atom. The Hall–Kier alpha value is -2.40. The molecular formula is C19H26N2O6S2. The molecule has 0 aromatic carbocycles. The summed E-state index contributed by atoms with van der Waals surface area (Å²) >= 11 is 0. The Morgan fingerprint density at radius 3 is 1.38 bits per heavy atom. The highest BCUT2D eigenvalue weighted by atomic mass is 32.2. The third-order valence-electron chi connectivity index (χ3n) is 2.98. The van der Waals surface area contributed by atoms with Crippen LogP contribution in [0.3, 0.4) is 0 Å². The normalized spacial score (nSPS) is 10.6. The van der Waals surface area contributed by atoms with Gasteiger partial charge in [-0.2, -0.15) is 0 Å². The van der Waals surface area contributed by atoms with Gasteiger partial charge in [-0.3, -0.25) is 0 Å². The molecule has 0 saturated carbocycles. The van der Waals surface area contributed by atoms with Crippen LogP contribution in [0.1, 0.15) is 11.1 Å². The van der Waals surface area contributed by atoms with Gasteiger partial charge in [0.1, 0.15) is 0 Å². The minimum Gasteiger partial charge on any atom is -0.748 e. The molecule has 0 saturated heterocycles. The van der Waals surface area contributed by atoms with Crippen molar-refractivity contribution < 1.29 is 35.1 Å². The van der Waals surface area contributed by atoms with Crippen molar-refractivity contribution in [3.05, 3.63) is 85.5 Å². The first kappa shape index (κ1) is 26.6. The van der Waals surface area contributed by atoms with Crippen LogP contribution in [0, 0.1) is 13.8 Å². The highest BCUT2D eigenvalue weighted by Crippen LogP contribution is 1.90. The number of pyridine rings is 2. The lowest BCUT2D eigenvalue weighted by molar-refractivity contribution is -0.913. The van der Waals surface area contributed by atoms with Crippen LogP contribution in [-0.4, -0.2) is 37.4 Å². The molecule has 8 nitrogen and oxygen atoms in total. The van der Waals surface area contributed by atoms with E-state index in [2.05, 4.69) is 85.2 Å². The largest absolute Gasteiger partial charge is 0.748 e. The first-order chi connectivity index (χ1) is 13.4. The summed E-state index contributed by atoms with van der Waals surface area (Å²) in [4.78, 5) is 0. The fraction of sp³-hybridized carbons (Fsp3) is 0.263. The topological polar surface area (TPSA) is 122 Å². The molecule has 2 rings (SSSR count). The third kappa shape index (κ3) is 16.3. The maximum absolute atomic E-state index is 9.60. The monoisotopic (exact) mass is 442 g/mol. The molecule has 160 valence electrons. The minimum absolute atomic E-state index is 0.479. The maximum Gasteiger partial charge on any atom is 0.343 e. The fourth-order valence-corrected chi connectivity index (χ4v) is 2.54. The first-order valence-electron chi connectivity index (χ1n) is 8.36. The van der Waals surface area contributed by atoms with E-state index in [0.29, 0.717) is 0 Å². The second kappa shape index (κ2) is 12.9. The molecule has 0 bridgehead atoms. The molecular weight excluding hydrogens is 416 g/mol. The highest BCUT2D eigenvalue weighted by Gasteiger charge is 2.06. The number of nitrogens with zero attached hydrogens (tertiary/aromatic N) is 2. The maximum atomic E-state index is 9.60. The van der Waals surface area contributed by atoms with Crippen LogP contribution in [0.5, 0.6) is 0 Å². The average molecular weight is 443 g/mol. The van der Waals surface area contributed by atoms with Gasteiger partial charge in [-0.1, -0.05) is 12.2 Å². The summed E-state index contributed by atoms with van der Waals surface area (Å²) in [5.74, 6) is -0.958. The van der Waals surface area contributed by atoms with Crippen molar-refractivity contribution in [2.75, 3.05) is 11.5 Å². The van der Waals surface area contributed by atoms with Crippen molar-refractivity contribution in [2.45, 2.75) is 20.5 Å². The summed E-state index contributed by atoms with van der Waals surface area (Å²) in [7, 11) is -8.08. The van der Waals surface area contributed by atoms with Gasteiger partial charge < -0.3 is 9.11 Å². The van der Waals surface area contributed by atoms with Crippen molar-refractivity contribution in [1.82, 2.24) is 0 Å². The number of aryl methyl sites for hydroxylation is 2. The van der Waals surface area contributed by atoms with Crippen LogP contribution in [0.15, 0.2) is 74.4 Å². The SMILES string of the molecule is C=CCS(=O)(=O)[O-].C=CCS(=O)(=O)[O-].Cc1ccc[n+](C[n+]2cccc(C)c2)c1. The van der Waals surface area contributed by atoms with E-state index < -0.39 is 31.7 Å². The van der Waals surface area contributed by atoms with Gasteiger partial charge in [0.25, 0.3) is 0 Å². The molecule has 0 spiro atoms. The zero-order valence-corrected chi connectivity index (χ0v) is 18.1. The summed E-state index contributed by atoms with van der Waals surface area (Å²) in [6, 6.07) is 8.37. The summed E-state index contributed by atoms with van der Waals surface area (Å²) < 4.78 is 62.0. The van der Waals surface area contributed by atoms with Crippen molar-refractivity contribution in [2.24, 2.45) is 0 Å². The lowest BCUT2D eigenvalue weighted by Crippen LogP contribution is -2.51. The Balaban J connectivity index is 0.000000473. The van der Waals surface area contributed by atoms with Crippen LogP contribution in [-0.2, 0) is 26.9 Å². The number of rotatable bonds is 6. The van der Waals surface area contributed by atoms with Gasteiger partial charge >= 0.3 is 6.67 Å². The highest BCUT2D eigenvalue weighted by molar-refractivity contribution is 7.86. The first-order valence-corrected chi connectivity index (χ1v) is 11.5. The van der Waals surface area contributed by atoms with E-state index in [0.717, 1.165) is 18.8 Å². The van der Waals surface area contributed by atoms with Crippen LogP contribution in [0.2, 0.25) is 0 Å². The molecule has 0 atom stereocenters. The van der Waals surface area contributed by atoms with E-state index in [1.807, 2.05) is 0 Å². The third-order valence-corrected chi connectivity index (χ3v) is 4.27. The minimum atomic E-state index is -4.04. The van der Waals surface area contributed by atoms with Gasteiger partial charge in [0.2, 0.25) is 0 Å². The van der Waals surface area contributed by atoms with Crippen molar-refractivity contribution in [3.63, 3.8) is 0 Å². The fourth-order valence-electron chi connectivity index (χ4n) is 1.96. The van der Waals surface area contributed by atoms with Crippen LogP contribution >= 0.6 is 0 Å². The van der Waals surface area contributed by atoms with E-state index in [1.165, 1.54) is 11.1 Å². The molecule has 29 heavy (non-hydrogen) atoms. The molecule has 0 fully saturated rings. The molecule has 0 N–H and O–H groups in total. The molecule has 0 amide bonds. The number of aromatic nitrogens is 2. The quantitative estimate of drug-likeness (QED) is 0.371. The molecule has 2 aromatic heterocycles. The number of hydrogen-bond donors (Lipinski definition) is 0. The Bertz CT molecular complexity index is 921. The van der Waals surface area contributed by atoms with E-state index >= 15 is 0 Å². The lowest BCUT2D eigenvalue weighted by Gasteiger charge is -1.98. The zero-order chi connectivity index (χ0) is 22.5. The standard InChI is InChI=1S/C13H16N2.2C3H6O3S/c1-12-5-3-7-14(9-12)11-15-8-4-6-13(2)10-15;2*1-2-3-7(4,5)6/h3-10H,11H2,1-2H3;2*2H,1,3H2,(H,4,5,6)/q+2;;/p-2. The van der Waals surface area contributed by atoms with Gasteiger partial charge in [0.15, 0.2) is 24.8 Å². The molecule has 0 aliphatic rings. The smallest absolute Gasteiger partial charge is 0.343 e. The van der Waals surface area contributed by atoms with E-state index in [9.17, 15) is 25.9 Å². The molecule has 0 aliphatic carbocycles. The summed E-state index contributed by atoms with van der Waals surface area (Å²) in [6.45, 7) is 11.2. The van der Waals surface area contributed by atoms with Gasteiger partial charge in [-0.15, -0.1) is 22.3 Å². The second-order valence-electron chi connectivity index (χ2n) is 5.96. The molecule has 0 unspecified atom stereocenters. The Morgan fingerprint density at radius 2 is 1.17 bits per heavy atom. The van der Waals surface area contributed by atoms with Crippen molar-refractivity contribution >= 4 is 20.2 Å². The van der Waals surface area contributed by atoms with Gasteiger partial charge in [-0.25, -0.2) is 16.8 Å². The average Bonchev–Trinajstić information content (AvgIpc) is 2.54. The van der Waals surface area contributed by atoms with Crippen molar-refractivity contribution in [1.29, 1.82) is 0 Å². The number of hydrogen-bond acceptors (Lipinski definition) is 6. The Labute approximate surface area is 173 Å². The van der Waals surface area contributed by atoms with E-state index in [-0.39, 0.29) is 0 Å². The second-order valence-corrected chi connectivity index (χ2v) is 8.86. The van der Waals surface area contributed by atoms with E-state index in [4.69, 9.17) is 0 Å². The van der Waals surface area contributed by atoms with E-state index in [1.54, 1.807) is 0 Å². The van der Waals surface area contributed by atoms with Crippen LogP contribution in [0.25, 0.3) is 0 Å². The molecule has 10 heteroatoms. The van der Waals surface area contributed by atoms with Crippen LogP contribution < -0.4 is 9.13 Å². The van der Waals surface area contributed by atoms with Crippen LogP contribution in [0.4, 0.5) is 0 Å². The molecule has 0 aliphatic heterocycles. The van der Waals surface area contributed by atoms with Gasteiger partial charge in [0.05, 0.1) is 31.7 Å². The molecule has 2 heterocycles. The van der Waals surface area contributed by atoms with Gasteiger partial charge in [0, 0.05) is 23.3 Å². The molecule has 0 radical (unpaired) electrons. The van der Waals surface area contributed by atoms with Gasteiger partial charge in [-0.05, 0) is 26.0 Å². The lowest BCUT2D eigenvalue weighted by atomic mass is 10.3. The predicted molar refractivity (Wildman–Crippen MR) is 108 cm³/mol. The van der Waals surface area contributed by atoms with Crippen molar-refractivity contribution in [3.8, 4) is 0 Å².